The summed E-state index contributed by atoms with van der Waals surface area (Å²) in [5, 5.41) is 28.1. The lowest BCUT2D eigenvalue weighted by Crippen LogP contribution is -2.10. The number of fused-ring (bicyclic) bond motifs is 1. The molecule has 1 unspecified atom stereocenters. The van der Waals surface area contributed by atoms with Crippen molar-refractivity contribution < 1.29 is 10.2 Å². The predicted octanol–water partition coefficient (Wildman–Crippen LogP) is 2.55. The van der Waals surface area contributed by atoms with E-state index in [-0.39, 0.29) is 12.4 Å². The first-order valence-corrected chi connectivity index (χ1v) is 7.86. The number of aliphatic hydroxyl groups is 2. The van der Waals surface area contributed by atoms with Crippen LogP contribution in [0.1, 0.15) is 28.4 Å². The lowest BCUT2D eigenvalue weighted by atomic mass is 10.0. The van der Waals surface area contributed by atoms with Gasteiger partial charge in [0.15, 0.2) is 0 Å². The molecule has 0 saturated carbocycles. The Morgan fingerprint density at radius 3 is 2.20 bits per heavy atom. The molecule has 3 rings (SSSR count). The zero-order valence-electron chi connectivity index (χ0n) is 13.5. The molecule has 5 N–H and O–H groups in total. The zero-order valence-corrected chi connectivity index (χ0v) is 13.5. The number of amidine groups is 1. The van der Waals surface area contributed by atoms with Crippen LogP contribution < -0.4 is 5.73 Å². The molecule has 25 heavy (non-hydrogen) atoms. The Bertz CT molecular complexity index is 982. The van der Waals surface area contributed by atoms with E-state index in [0.29, 0.717) is 11.1 Å². The second-order valence-electron chi connectivity index (χ2n) is 5.76. The molecule has 124 valence electrons. The van der Waals surface area contributed by atoms with Crippen molar-refractivity contribution in [1.29, 1.82) is 5.41 Å². The van der Waals surface area contributed by atoms with Crippen LogP contribution in [0.5, 0.6) is 0 Å². The molecule has 3 aromatic carbocycles. The quantitative estimate of drug-likeness (QED) is 0.338. The lowest BCUT2D eigenvalue weighted by molar-refractivity contribution is 0.0956. The first kappa shape index (κ1) is 16.7. The maximum absolute atomic E-state index is 9.58. The van der Waals surface area contributed by atoms with Crippen LogP contribution in [0.3, 0.4) is 0 Å². The summed E-state index contributed by atoms with van der Waals surface area (Å²) >= 11 is 0. The second-order valence-corrected chi connectivity index (χ2v) is 5.76. The Morgan fingerprint density at radius 2 is 1.52 bits per heavy atom. The molecule has 0 aliphatic rings. The van der Waals surface area contributed by atoms with Crippen molar-refractivity contribution in [1.82, 2.24) is 0 Å². The number of nitrogen functional groups attached to an aromatic ring is 1. The SMILES string of the molecule is N=C(N)c1ccc2cc(C#Cc3ccc(C(O)CO)cc3)ccc2c1. The first-order chi connectivity index (χ1) is 12.1. The summed E-state index contributed by atoms with van der Waals surface area (Å²) < 4.78 is 0. The van der Waals surface area contributed by atoms with Gasteiger partial charge in [-0.05, 0) is 46.7 Å². The number of hydrogen-bond acceptors (Lipinski definition) is 3. The van der Waals surface area contributed by atoms with Gasteiger partial charge < -0.3 is 15.9 Å². The van der Waals surface area contributed by atoms with Gasteiger partial charge >= 0.3 is 0 Å². The average molecular weight is 330 g/mol. The van der Waals surface area contributed by atoms with Crippen molar-refractivity contribution in [3.8, 4) is 11.8 Å². The van der Waals surface area contributed by atoms with Gasteiger partial charge in [0.25, 0.3) is 0 Å². The number of nitrogens with two attached hydrogens (primary N) is 1. The third-order valence-corrected chi connectivity index (χ3v) is 3.97. The summed E-state index contributed by atoms with van der Waals surface area (Å²) in [6.45, 7) is -0.298. The largest absolute Gasteiger partial charge is 0.393 e. The third-order valence-electron chi connectivity index (χ3n) is 3.97. The molecule has 0 amide bonds. The van der Waals surface area contributed by atoms with Crippen molar-refractivity contribution in [3.63, 3.8) is 0 Å². The van der Waals surface area contributed by atoms with Crippen molar-refractivity contribution >= 4 is 16.6 Å². The minimum Gasteiger partial charge on any atom is -0.393 e. The minimum atomic E-state index is -0.859. The standard InChI is InChI=1S/C21H18N2O2/c22-21(23)19-10-9-17-11-15(5-8-18(17)12-19)2-1-14-3-6-16(7-4-14)20(25)13-24/h3-12,20,24-25H,13H2,(H3,22,23). The van der Waals surface area contributed by atoms with E-state index in [4.69, 9.17) is 16.2 Å². The van der Waals surface area contributed by atoms with E-state index in [0.717, 1.165) is 21.9 Å². The molecule has 0 fully saturated rings. The van der Waals surface area contributed by atoms with Gasteiger partial charge in [0, 0.05) is 16.7 Å². The number of benzene rings is 3. The maximum Gasteiger partial charge on any atom is 0.122 e. The molecule has 0 radical (unpaired) electrons. The molecular formula is C21H18N2O2. The van der Waals surface area contributed by atoms with E-state index in [9.17, 15) is 5.11 Å². The molecule has 4 heteroatoms. The van der Waals surface area contributed by atoms with Crippen LogP contribution in [-0.4, -0.2) is 22.7 Å². The highest BCUT2D eigenvalue weighted by molar-refractivity contribution is 5.99. The van der Waals surface area contributed by atoms with Gasteiger partial charge in [-0.15, -0.1) is 0 Å². The van der Waals surface area contributed by atoms with Gasteiger partial charge in [-0.2, -0.15) is 0 Å². The maximum atomic E-state index is 9.58. The van der Waals surface area contributed by atoms with Gasteiger partial charge in [-0.3, -0.25) is 5.41 Å². The van der Waals surface area contributed by atoms with Gasteiger partial charge in [-0.25, -0.2) is 0 Å². The van der Waals surface area contributed by atoms with Crippen molar-refractivity contribution in [2.45, 2.75) is 6.10 Å². The van der Waals surface area contributed by atoms with Gasteiger partial charge in [0.05, 0.1) is 6.61 Å². The summed E-state index contributed by atoms with van der Waals surface area (Å²) in [6, 6.07) is 18.7. The molecule has 0 spiro atoms. The van der Waals surface area contributed by atoms with E-state index in [1.807, 2.05) is 48.5 Å². The van der Waals surface area contributed by atoms with Gasteiger partial charge in [0.2, 0.25) is 0 Å². The lowest BCUT2D eigenvalue weighted by Gasteiger charge is -2.06. The van der Waals surface area contributed by atoms with Crippen LogP contribution in [0.25, 0.3) is 10.8 Å². The van der Waals surface area contributed by atoms with Crippen molar-refractivity contribution in [2.75, 3.05) is 6.61 Å². The Kier molecular flexibility index (Phi) is 4.80. The highest BCUT2D eigenvalue weighted by atomic mass is 16.3. The number of aliphatic hydroxyl groups excluding tert-OH is 2. The molecule has 0 bridgehead atoms. The van der Waals surface area contributed by atoms with Crippen LogP contribution in [-0.2, 0) is 0 Å². The fraction of sp³-hybridized carbons (Fsp3) is 0.0952. The topological polar surface area (TPSA) is 90.3 Å². The van der Waals surface area contributed by atoms with E-state index in [2.05, 4.69) is 11.8 Å². The van der Waals surface area contributed by atoms with Crippen LogP contribution in [0.15, 0.2) is 60.7 Å². The fourth-order valence-electron chi connectivity index (χ4n) is 2.53. The smallest absolute Gasteiger partial charge is 0.122 e. The van der Waals surface area contributed by atoms with Crippen LogP contribution in [0.2, 0.25) is 0 Å². The summed E-state index contributed by atoms with van der Waals surface area (Å²) in [6.07, 6.45) is -0.859. The van der Waals surface area contributed by atoms with Crippen LogP contribution in [0, 0.1) is 17.3 Å². The normalized spacial score (nSPS) is 11.6. The summed E-state index contributed by atoms with van der Waals surface area (Å²) in [5.41, 5.74) is 8.61. The Labute approximate surface area is 146 Å². The van der Waals surface area contributed by atoms with Crippen molar-refractivity contribution in [3.05, 3.63) is 82.9 Å². The summed E-state index contributed by atoms with van der Waals surface area (Å²) in [5.74, 6) is 6.27. The second kappa shape index (κ2) is 7.18. The van der Waals surface area contributed by atoms with Crippen LogP contribution in [0.4, 0.5) is 0 Å². The Morgan fingerprint density at radius 1 is 0.920 bits per heavy atom. The highest BCUT2D eigenvalue weighted by Crippen LogP contribution is 2.18. The third kappa shape index (κ3) is 3.86. The minimum absolute atomic E-state index is 0.0560. The van der Waals surface area contributed by atoms with Crippen molar-refractivity contribution in [2.24, 2.45) is 5.73 Å². The molecule has 1 atom stereocenters. The number of rotatable bonds is 3. The van der Waals surface area contributed by atoms with Crippen LogP contribution >= 0.6 is 0 Å². The molecule has 3 aromatic rings. The molecule has 0 aliphatic heterocycles. The molecule has 0 heterocycles. The highest BCUT2D eigenvalue weighted by Gasteiger charge is 2.04. The van der Waals surface area contributed by atoms with Gasteiger partial charge in [-0.1, -0.05) is 42.2 Å². The Hall–Kier alpha value is -3.13. The van der Waals surface area contributed by atoms with E-state index in [1.54, 1.807) is 12.1 Å². The molecule has 0 aromatic heterocycles. The molecule has 4 nitrogen and oxygen atoms in total. The monoisotopic (exact) mass is 330 g/mol. The molecule has 0 saturated heterocycles. The van der Waals surface area contributed by atoms with E-state index in [1.165, 1.54) is 0 Å². The Balaban J connectivity index is 1.85. The van der Waals surface area contributed by atoms with Gasteiger partial charge in [0.1, 0.15) is 11.9 Å². The molecular weight excluding hydrogens is 312 g/mol. The predicted molar refractivity (Wildman–Crippen MR) is 99.4 cm³/mol. The number of nitrogens with one attached hydrogen (secondary N) is 1. The number of hydrogen-bond donors (Lipinski definition) is 4. The molecule has 0 aliphatic carbocycles. The first-order valence-electron chi connectivity index (χ1n) is 7.86. The summed E-state index contributed by atoms with van der Waals surface area (Å²) in [7, 11) is 0. The van der Waals surface area contributed by atoms with E-state index >= 15 is 0 Å². The average Bonchev–Trinajstić information content (AvgIpc) is 2.65. The fourth-order valence-corrected chi connectivity index (χ4v) is 2.53. The zero-order chi connectivity index (χ0) is 17.8. The van der Waals surface area contributed by atoms with E-state index < -0.39 is 6.10 Å². The summed E-state index contributed by atoms with van der Waals surface area (Å²) in [4.78, 5) is 0.